The number of benzene rings is 1. The lowest BCUT2D eigenvalue weighted by Gasteiger charge is -2.42. The standard InChI is InChI=1S/C23H32N2O2Si/c1-16(2)28(17(3)4,18(5)6)27-15-21-14-25-11-10-22(21)23(26)20-9-7-8-19(12-20)13-24/h7-12,14,16-18,23,26H,15H2,1-6H3/p+1. The van der Waals surface area contributed by atoms with E-state index in [4.69, 9.17) is 14.8 Å². The highest BCUT2D eigenvalue weighted by molar-refractivity contribution is 6.77. The van der Waals surface area contributed by atoms with E-state index in [1.54, 1.807) is 18.3 Å². The maximum absolute atomic E-state index is 9.16. The van der Waals surface area contributed by atoms with Crippen molar-refractivity contribution in [2.24, 2.45) is 0 Å². The van der Waals surface area contributed by atoms with E-state index < -0.39 is 14.4 Å². The lowest BCUT2D eigenvalue weighted by Crippen LogP contribution is -2.47. The zero-order valence-electron chi connectivity index (χ0n) is 17.9. The van der Waals surface area contributed by atoms with E-state index in [0.717, 1.165) is 16.7 Å². The van der Waals surface area contributed by atoms with Gasteiger partial charge in [-0.1, -0.05) is 53.7 Å². The fourth-order valence-electron chi connectivity index (χ4n) is 4.51. The van der Waals surface area contributed by atoms with Gasteiger partial charge in [0.05, 0.1) is 18.2 Å². The third-order valence-electron chi connectivity index (χ3n) is 5.79. The SMILES string of the molecule is CC(C)[Si](OCc1cnccc1C([OH2+])c1cccc(C#N)c1)(C(C)C)C(C)C. The molecule has 0 amide bonds. The molecule has 0 aliphatic heterocycles. The zero-order chi connectivity index (χ0) is 20.9. The Morgan fingerprint density at radius 1 is 1.07 bits per heavy atom. The van der Waals surface area contributed by atoms with Gasteiger partial charge in [0.2, 0.25) is 14.4 Å². The van der Waals surface area contributed by atoms with Crippen LogP contribution in [0.25, 0.3) is 0 Å². The molecule has 0 saturated carbocycles. The van der Waals surface area contributed by atoms with Crippen LogP contribution in [0.2, 0.25) is 16.6 Å². The van der Waals surface area contributed by atoms with E-state index in [1.807, 2.05) is 24.4 Å². The Morgan fingerprint density at radius 3 is 2.29 bits per heavy atom. The summed E-state index contributed by atoms with van der Waals surface area (Å²) >= 11 is 0. The molecule has 0 aliphatic carbocycles. The molecule has 4 nitrogen and oxygen atoms in total. The highest BCUT2D eigenvalue weighted by Crippen LogP contribution is 2.43. The summed E-state index contributed by atoms with van der Waals surface area (Å²) in [4.78, 5) is 4.29. The quantitative estimate of drug-likeness (QED) is 0.439. The minimum Gasteiger partial charge on any atom is -0.436 e. The van der Waals surface area contributed by atoms with Gasteiger partial charge in [-0.25, -0.2) is 0 Å². The van der Waals surface area contributed by atoms with Gasteiger partial charge in [0.25, 0.3) is 0 Å². The van der Waals surface area contributed by atoms with Crippen LogP contribution < -0.4 is 0 Å². The molecule has 2 aromatic rings. The van der Waals surface area contributed by atoms with Crippen LogP contribution in [0, 0.1) is 11.3 Å². The number of aromatic nitrogens is 1. The van der Waals surface area contributed by atoms with E-state index >= 15 is 0 Å². The van der Waals surface area contributed by atoms with Gasteiger partial charge in [-0.3, -0.25) is 4.98 Å². The highest BCUT2D eigenvalue weighted by Gasteiger charge is 2.45. The highest BCUT2D eigenvalue weighted by atomic mass is 28.4. The maximum atomic E-state index is 9.16. The van der Waals surface area contributed by atoms with E-state index in [2.05, 4.69) is 52.6 Å². The second-order valence-corrected chi connectivity index (χ2v) is 13.8. The molecule has 0 radical (unpaired) electrons. The van der Waals surface area contributed by atoms with Crippen molar-refractivity contribution < 1.29 is 9.53 Å². The molecular weight excluding hydrogens is 364 g/mol. The first-order chi connectivity index (χ1) is 13.2. The van der Waals surface area contributed by atoms with Crippen LogP contribution in [0.5, 0.6) is 0 Å². The van der Waals surface area contributed by atoms with Crippen LogP contribution in [-0.4, -0.2) is 18.4 Å². The van der Waals surface area contributed by atoms with Crippen LogP contribution in [0.15, 0.2) is 42.7 Å². The van der Waals surface area contributed by atoms with Crippen LogP contribution in [-0.2, 0) is 11.0 Å². The Bertz CT molecular complexity index is 806. The molecule has 1 atom stereocenters. The van der Waals surface area contributed by atoms with Crippen molar-refractivity contribution in [3.05, 3.63) is 65.0 Å². The second-order valence-electron chi connectivity index (χ2n) is 8.35. The van der Waals surface area contributed by atoms with Gasteiger partial charge in [-0.2, -0.15) is 5.26 Å². The lowest BCUT2D eigenvalue weighted by molar-refractivity contribution is 0.212. The molecule has 0 fully saturated rings. The fraction of sp³-hybridized carbons (Fsp3) is 0.478. The van der Waals surface area contributed by atoms with E-state index in [0.29, 0.717) is 28.8 Å². The summed E-state index contributed by atoms with van der Waals surface area (Å²) in [5.41, 5.74) is 4.76. The molecule has 5 heteroatoms. The van der Waals surface area contributed by atoms with Crippen LogP contribution in [0.4, 0.5) is 0 Å². The molecule has 150 valence electrons. The maximum Gasteiger partial charge on any atom is 0.206 e. The van der Waals surface area contributed by atoms with Crippen molar-refractivity contribution in [2.75, 3.05) is 0 Å². The Kier molecular flexibility index (Phi) is 7.53. The van der Waals surface area contributed by atoms with Crippen molar-refractivity contribution in [3.8, 4) is 6.07 Å². The molecule has 0 bridgehead atoms. The lowest BCUT2D eigenvalue weighted by atomic mass is 9.97. The number of rotatable bonds is 8. The molecule has 0 saturated heterocycles. The smallest absolute Gasteiger partial charge is 0.206 e. The van der Waals surface area contributed by atoms with Gasteiger partial charge in [0, 0.05) is 29.1 Å². The minimum atomic E-state index is -1.99. The van der Waals surface area contributed by atoms with Gasteiger partial charge in [0.15, 0.2) is 0 Å². The first-order valence-electron chi connectivity index (χ1n) is 10.0. The molecule has 0 spiro atoms. The van der Waals surface area contributed by atoms with Gasteiger partial charge in [-0.15, -0.1) is 0 Å². The van der Waals surface area contributed by atoms with E-state index in [1.165, 1.54) is 0 Å². The number of hydrogen-bond acceptors (Lipinski definition) is 3. The molecule has 1 aromatic carbocycles. The molecule has 1 heterocycles. The van der Waals surface area contributed by atoms with Gasteiger partial charge in [0.1, 0.15) is 0 Å². The van der Waals surface area contributed by atoms with Gasteiger partial charge < -0.3 is 9.53 Å². The number of pyridine rings is 1. The molecule has 1 aromatic heterocycles. The van der Waals surface area contributed by atoms with Gasteiger partial charge in [-0.05, 0) is 34.8 Å². The Morgan fingerprint density at radius 2 is 1.71 bits per heavy atom. The molecule has 1 unspecified atom stereocenters. The third-order valence-corrected chi connectivity index (χ3v) is 11.8. The van der Waals surface area contributed by atoms with Crippen LogP contribution in [0.3, 0.4) is 0 Å². The predicted molar refractivity (Wildman–Crippen MR) is 117 cm³/mol. The second kappa shape index (κ2) is 9.47. The summed E-state index contributed by atoms with van der Waals surface area (Å²) in [5, 5.41) is 17.9. The predicted octanol–water partition coefficient (Wildman–Crippen LogP) is 5.46. The Balaban J connectivity index is 2.35. The van der Waals surface area contributed by atoms with Crippen molar-refractivity contribution in [2.45, 2.75) is 70.9 Å². The number of hydrogen-bond donors (Lipinski definition) is 0. The molecular formula is C23H33N2O2Si+. The summed E-state index contributed by atoms with van der Waals surface area (Å²) in [7, 11) is -1.99. The average molecular weight is 398 g/mol. The monoisotopic (exact) mass is 397 g/mol. The number of nitrogens with zero attached hydrogens (tertiary/aromatic N) is 2. The largest absolute Gasteiger partial charge is 0.436 e. The van der Waals surface area contributed by atoms with Gasteiger partial charge >= 0.3 is 0 Å². The summed E-state index contributed by atoms with van der Waals surface area (Å²) in [6, 6.07) is 11.3. The van der Waals surface area contributed by atoms with E-state index in [9.17, 15) is 0 Å². The normalized spacial score (nSPS) is 13.2. The Hall–Kier alpha value is -2.00. The van der Waals surface area contributed by atoms with Crippen molar-refractivity contribution in [1.82, 2.24) is 4.98 Å². The average Bonchev–Trinajstić information content (AvgIpc) is 2.67. The third kappa shape index (κ3) is 4.52. The minimum absolute atomic E-state index is 0.483. The Labute approximate surface area is 170 Å². The summed E-state index contributed by atoms with van der Waals surface area (Å²) in [5.74, 6) is 0. The first-order valence-corrected chi connectivity index (χ1v) is 12.2. The van der Waals surface area contributed by atoms with E-state index in [-0.39, 0.29) is 0 Å². The fourth-order valence-corrected chi connectivity index (χ4v) is 9.92. The van der Waals surface area contributed by atoms with Crippen LogP contribution >= 0.6 is 0 Å². The molecule has 2 rings (SSSR count). The zero-order valence-corrected chi connectivity index (χ0v) is 18.9. The summed E-state index contributed by atoms with van der Waals surface area (Å²) < 4.78 is 6.73. The molecule has 2 N–H and O–H groups in total. The number of nitriles is 1. The molecule has 0 aliphatic rings. The van der Waals surface area contributed by atoms with Crippen molar-refractivity contribution in [1.29, 1.82) is 5.26 Å². The summed E-state index contributed by atoms with van der Waals surface area (Å²) in [6.45, 7) is 14.1. The summed E-state index contributed by atoms with van der Waals surface area (Å²) in [6.07, 6.45) is 2.99. The first kappa shape index (κ1) is 22.3. The van der Waals surface area contributed by atoms with Crippen molar-refractivity contribution >= 4 is 8.32 Å². The topological polar surface area (TPSA) is 68.8 Å². The van der Waals surface area contributed by atoms with Crippen LogP contribution in [0.1, 0.15) is 69.9 Å². The van der Waals surface area contributed by atoms with Crippen molar-refractivity contribution in [3.63, 3.8) is 0 Å². The molecule has 28 heavy (non-hydrogen) atoms.